The molecule has 21 heavy (non-hydrogen) atoms. The van der Waals surface area contributed by atoms with Gasteiger partial charge in [0.2, 0.25) is 0 Å². The molecule has 0 aliphatic heterocycles. The average Bonchev–Trinajstić information content (AvgIpc) is 2.50. The maximum absolute atomic E-state index is 13.5. The van der Waals surface area contributed by atoms with Crippen LogP contribution in [-0.4, -0.2) is 16.6 Å². The van der Waals surface area contributed by atoms with Crippen LogP contribution in [0.5, 0.6) is 0 Å². The van der Waals surface area contributed by atoms with E-state index in [9.17, 15) is 13.9 Å². The SMILES string of the molecule is CCc1cccnc1CNCC(O)c1cc(F)ccc1F. The number of nitrogens with one attached hydrogen (secondary N) is 1. The number of rotatable bonds is 6. The Morgan fingerprint density at radius 2 is 2.10 bits per heavy atom. The van der Waals surface area contributed by atoms with Crippen molar-refractivity contribution in [2.24, 2.45) is 0 Å². The van der Waals surface area contributed by atoms with E-state index in [1.165, 1.54) is 0 Å². The van der Waals surface area contributed by atoms with Gasteiger partial charge in [0.1, 0.15) is 11.6 Å². The molecule has 112 valence electrons. The molecule has 1 aromatic carbocycles. The molecule has 1 heterocycles. The van der Waals surface area contributed by atoms with Crippen molar-refractivity contribution in [2.75, 3.05) is 6.54 Å². The lowest BCUT2D eigenvalue weighted by Crippen LogP contribution is -2.23. The fourth-order valence-corrected chi connectivity index (χ4v) is 2.16. The molecule has 0 fully saturated rings. The molecule has 1 unspecified atom stereocenters. The fourth-order valence-electron chi connectivity index (χ4n) is 2.16. The van der Waals surface area contributed by atoms with Gasteiger partial charge in [0.25, 0.3) is 0 Å². The lowest BCUT2D eigenvalue weighted by molar-refractivity contribution is 0.169. The largest absolute Gasteiger partial charge is 0.387 e. The Hall–Kier alpha value is -1.85. The van der Waals surface area contributed by atoms with Gasteiger partial charge in [-0.05, 0) is 36.2 Å². The lowest BCUT2D eigenvalue weighted by atomic mass is 10.1. The Morgan fingerprint density at radius 3 is 2.86 bits per heavy atom. The zero-order chi connectivity index (χ0) is 15.2. The van der Waals surface area contributed by atoms with Gasteiger partial charge in [0, 0.05) is 24.8 Å². The number of benzene rings is 1. The van der Waals surface area contributed by atoms with Crippen molar-refractivity contribution in [3.05, 3.63) is 65.0 Å². The molecule has 0 saturated carbocycles. The van der Waals surface area contributed by atoms with Crippen LogP contribution in [0.4, 0.5) is 8.78 Å². The quantitative estimate of drug-likeness (QED) is 0.860. The van der Waals surface area contributed by atoms with Crippen molar-refractivity contribution in [2.45, 2.75) is 26.0 Å². The molecule has 0 spiro atoms. The van der Waals surface area contributed by atoms with Crippen LogP contribution in [0.1, 0.15) is 29.8 Å². The minimum absolute atomic E-state index is 0.0424. The molecule has 2 aromatic rings. The van der Waals surface area contributed by atoms with Crippen LogP contribution in [0.25, 0.3) is 0 Å². The van der Waals surface area contributed by atoms with Gasteiger partial charge in [0.15, 0.2) is 0 Å². The highest BCUT2D eigenvalue weighted by atomic mass is 19.1. The molecule has 1 atom stereocenters. The number of aryl methyl sites for hydroxylation is 1. The summed E-state index contributed by atoms with van der Waals surface area (Å²) in [5, 5.41) is 13.0. The van der Waals surface area contributed by atoms with Crippen LogP contribution >= 0.6 is 0 Å². The van der Waals surface area contributed by atoms with Crippen LogP contribution in [0.15, 0.2) is 36.5 Å². The van der Waals surface area contributed by atoms with Crippen molar-refractivity contribution in [1.29, 1.82) is 0 Å². The van der Waals surface area contributed by atoms with E-state index in [4.69, 9.17) is 0 Å². The number of pyridine rings is 1. The first-order chi connectivity index (χ1) is 10.1. The zero-order valence-corrected chi connectivity index (χ0v) is 11.8. The summed E-state index contributed by atoms with van der Waals surface area (Å²) < 4.78 is 26.6. The minimum atomic E-state index is -1.10. The molecular formula is C16H18F2N2O. The smallest absolute Gasteiger partial charge is 0.129 e. The normalized spacial score (nSPS) is 12.4. The van der Waals surface area contributed by atoms with Gasteiger partial charge in [-0.1, -0.05) is 13.0 Å². The fraction of sp³-hybridized carbons (Fsp3) is 0.312. The predicted octanol–water partition coefficient (Wildman–Crippen LogP) is 2.75. The lowest BCUT2D eigenvalue weighted by Gasteiger charge is -2.14. The van der Waals surface area contributed by atoms with Crippen LogP contribution in [0, 0.1) is 11.6 Å². The van der Waals surface area contributed by atoms with E-state index in [0.29, 0.717) is 6.54 Å². The van der Waals surface area contributed by atoms with E-state index in [1.807, 2.05) is 19.1 Å². The number of aliphatic hydroxyl groups excluding tert-OH is 1. The van der Waals surface area contributed by atoms with Crippen molar-refractivity contribution < 1.29 is 13.9 Å². The summed E-state index contributed by atoms with van der Waals surface area (Å²) in [6.07, 6.45) is 1.47. The standard InChI is InChI=1S/C16H18F2N2O/c1-2-11-4-3-7-20-15(11)9-19-10-16(21)13-8-12(17)5-6-14(13)18/h3-8,16,19,21H,2,9-10H2,1H3. The number of aromatic nitrogens is 1. The van der Waals surface area contributed by atoms with Gasteiger partial charge in [-0.25, -0.2) is 8.78 Å². The summed E-state index contributed by atoms with van der Waals surface area (Å²) in [5.74, 6) is -1.18. The second-order valence-corrected chi connectivity index (χ2v) is 4.78. The number of nitrogens with zero attached hydrogens (tertiary/aromatic N) is 1. The van der Waals surface area contributed by atoms with Gasteiger partial charge in [-0.15, -0.1) is 0 Å². The van der Waals surface area contributed by atoms with E-state index < -0.39 is 17.7 Å². The molecule has 0 aliphatic rings. The number of halogens is 2. The van der Waals surface area contributed by atoms with Gasteiger partial charge < -0.3 is 10.4 Å². The summed E-state index contributed by atoms with van der Waals surface area (Å²) in [6.45, 7) is 2.63. The Bertz CT molecular complexity index is 605. The molecule has 1 aromatic heterocycles. The topological polar surface area (TPSA) is 45.2 Å². The Kier molecular flexibility index (Phi) is 5.36. The summed E-state index contributed by atoms with van der Waals surface area (Å²) in [5.41, 5.74) is 1.97. The summed E-state index contributed by atoms with van der Waals surface area (Å²) in [4.78, 5) is 4.27. The molecule has 5 heteroatoms. The molecule has 0 bridgehead atoms. The third-order valence-electron chi connectivity index (χ3n) is 3.31. The second kappa shape index (κ2) is 7.24. The first-order valence-electron chi connectivity index (χ1n) is 6.88. The van der Waals surface area contributed by atoms with Crippen molar-refractivity contribution >= 4 is 0 Å². The Labute approximate surface area is 122 Å². The summed E-state index contributed by atoms with van der Waals surface area (Å²) >= 11 is 0. The Balaban J connectivity index is 1.95. The minimum Gasteiger partial charge on any atom is -0.387 e. The maximum Gasteiger partial charge on any atom is 0.129 e. The van der Waals surface area contributed by atoms with Crippen LogP contribution < -0.4 is 5.32 Å². The molecule has 0 radical (unpaired) electrons. The molecule has 0 saturated heterocycles. The summed E-state index contributed by atoms with van der Waals surface area (Å²) in [6, 6.07) is 6.92. The van der Waals surface area contributed by atoms with Crippen molar-refractivity contribution in [3.63, 3.8) is 0 Å². The number of hydrogen-bond acceptors (Lipinski definition) is 3. The molecule has 2 rings (SSSR count). The summed E-state index contributed by atoms with van der Waals surface area (Å²) in [7, 11) is 0. The van der Waals surface area contributed by atoms with E-state index in [-0.39, 0.29) is 12.1 Å². The highest BCUT2D eigenvalue weighted by Crippen LogP contribution is 2.17. The van der Waals surface area contributed by atoms with Crippen LogP contribution in [0.3, 0.4) is 0 Å². The Morgan fingerprint density at radius 1 is 1.29 bits per heavy atom. The van der Waals surface area contributed by atoms with E-state index >= 15 is 0 Å². The molecule has 0 aliphatic carbocycles. The van der Waals surface area contributed by atoms with Gasteiger partial charge in [-0.3, -0.25) is 4.98 Å². The highest BCUT2D eigenvalue weighted by Gasteiger charge is 2.13. The third-order valence-corrected chi connectivity index (χ3v) is 3.31. The first kappa shape index (κ1) is 15.5. The first-order valence-corrected chi connectivity index (χ1v) is 6.88. The van der Waals surface area contributed by atoms with Gasteiger partial charge >= 0.3 is 0 Å². The average molecular weight is 292 g/mol. The predicted molar refractivity (Wildman–Crippen MR) is 76.6 cm³/mol. The molecular weight excluding hydrogens is 274 g/mol. The van der Waals surface area contributed by atoms with E-state index in [2.05, 4.69) is 10.3 Å². The van der Waals surface area contributed by atoms with E-state index in [1.54, 1.807) is 6.20 Å². The van der Waals surface area contributed by atoms with E-state index in [0.717, 1.165) is 35.9 Å². The number of aliphatic hydroxyl groups is 1. The second-order valence-electron chi connectivity index (χ2n) is 4.78. The van der Waals surface area contributed by atoms with Gasteiger partial charge in [0.05, 0.1) is 11.8 Å². The van der Waals surface area contributed by atoms with Gasteiger partial charge in [-0.2, -0.15) is 0 Å². The monoisotopic (exact) mass is 292 g/mol. The van der Waals surface area contributed by atoms with Crippen molar-refractivity contribution in [3.8, 4) is 0 Å². The molecule has 0 amide bonds. The number of hydrogen-bond donors (Lipinski definition) is 2. The zero-order valence-electron chi connectivity index (χ0n) is 11.8. The van der Waals surface area contributed by atoms with Crippen LogP contribution in [-0.2, 0) is 13.0 Å². The highest BCUT2D eigenvalue weighted by molar-refractivity contribution is 5.22. The van der Waals surface area contributed by atoms with Crippen LogP contribution in [0.2, 0.25) is 0 Å². The van der Waals surface area contributed by atoms with Crippen molar-refractivity contribution in [1.82, 2.24) is 10.3 Å². The molecule has 2 N–H and O–H groups in total. The third kappa shape index (κ3) is 4.06. The molecule has 3 nitrogen and oxygen atoms in total. The maximum atomic E-state index is 13.5.